The highest BCUT2D eigenvalue weighted by atomic mass is 16.6. The zero-order chi connectivity index (χ0) is 20.0. The largest absolute Gasteiger partial charge is 0.508 e. The molecule has 1 amide bonds. The zero-order valence-electron chi connectivity index (χ0n) is 14.2. The predicted molar refractivity (Wildman–Crippen MR) is 101 cm³/mol. The number of nitrogens with one attached hydrogen (secondary N) is 1. The van der Waals surface area contributed by atoms with Crippen molar-refractivity contribution in [1.29, 1.82) is 0 Å². The summed E-state index contributed by atoms with van der Waals surface area (Å²) in [5, 5.41) is 32.7. The number of aromatic hydroxyl groups is 2. The van der Waals surface area contributed by atoms with Gasteiger partial charge in [0.15, 0.2) is 0 Å². The van der Waals surface area contributed by atoms with E-state index in [2.05, 4.69) is 10.1 Å². The van der Waals surface area contributed by atoms with E-state index in [1.807, 2.05) is 12.1 Å². The first-order chi connectivity index (χ1) is 12.8. The molecule has 0 saturated heterocycles. The lowest BCUT2D eigenvalue weighted by Gasteiger charge is -2.07. The van der Waals surface area contributed by atoms with Crippen LogP contribution in [-0.4, -0.2) is 28.3 Å². The van der Waals surface area contributed by atoms with E-state index in [0.29, 0.717) is 5.69 Å². The number of non-ortho nitro benzene ring substituents is 1. The third-order valence-corrected chi connectivity index (χ3v) is 3.51. The van der Waals surface area contributed by atoms with Gasteiger partial charge < -0.3 is 20.7 Å². The average Bonchev–Trinajstić information content (AvgIpc) is 2.64. The smallest absolute Gasteiger partial charge is 0.411 e. The summed E-state index contributed by atoms with van der Waals surface area (Å²) in [6, 6.07) is 13.9. The second kappa shape index (κ2) is 8.39. The van der Waals surface area contributed by atoms with Gasteiger partial charge in [0.2, 0.25) is 0 Å². The lowest BCUT2D eigenvalue weighted by Crippen LogP contribution is -2.11. The van der Waals surface area contributed by atoms with Gasteiger partial charge in [0.25, 0.3) is 5.69 Å². The van der Waals surface area contributed by atoms with Gasteiger partial charge >= 0.3 is 6.09 Å². The van der Waals surface area contributed by atoms with Crippen LogP contribution in [0.25, 0.3) is 10.8 Å². The Bertz CT molecular complexity index is 990. The summed E-state index contributed by atoms with van der Waals surface area (Å²) < 4.78 is 4.52. The minimum atomic E-state index is -0.574. The van der Waals surface area contributed by atoms with Crippen molar-refractivity contribution in [2.24, 2.45) is 0 Å². The lowest BCUT2D eigenvalue weighted by atomic mass is 10.1. The molecular formula is C18H17N3O6. The molecule has 3 aromatic carbocycles. The Balaban J connectivity index is 0.000000208. The Morgan fingerprint density at radius 3 is 2.52 bits per heavy atom. The normalized spacial score (nSPS) is 9.81. The summed E-state index contributed by atoms with van der Waals surface area (Å²) in [5.41, 5.74) is 5.70. The number of anilines is 2. The Morgan fingerprint density at radius 2 is 1.89 bits per heavy atom. The Morgan fingerprint density at radius 1 is 1.15 bits per heavy atom. The van der Waals surface area contributed by atoms with Crippen LogP contribution in [0, 0.1) is 10.1 Å². The fourth-order valence-corrected chi connectivity index (χ4v) is 2.19. The van der Waals surface area contributed by atoms with Gasteiger partial charge in [-0.2, -0.15) is 0 Å². The van der Waals surface area contributed by atoms with Crippen LogP contribution in [0.15, 0.2) is 54.6 Å². The predicted octanol–water partition coefficient (Wildman–Crippen LogP) is 3.61. The standard InChI is InChI=1S/C12H11NO3.C6H6N2O3/c1-16-12(15)13-11-4-2-3-8-5-6-9(14)7-10(8)11;7-5-3-4(8(10)11)1-2-6(5)9/h2-7,14H,1H3,(H,13,15);1-3,9H,7H2. The van der Waals surface area contributed by atoms with Crippen molar-refractivity contribution >= 4 is 33.9 Å². The van der Waals surface area contributed by atoms with Gasteiger partial charge in [-0.3, -0.25) is 15.4 Å². The second-order valence-electron chi connectivity index (χ2n) is 5.33. The number of amides is 1. The molecule has 27 heavy (non-hydrogen) atoms. The number of nitrogen functional groups attached to an aromatic ring is 1. The van der Waals surface area contributed by atoms with Crippen LogP contribution < -0.4 is 11.1 Å². The van der Waals surface area contributed by atoms with Gasteiger partial charge in [0.1, 0.15) is 11.5 Å². The van der Waals surface area contributed by atoms with E-state index in [4.69, 9.17) is 10.8 Å². The van der Waals surface area contributed by atoms with Gasteiger partial charge in [-0.1, -0.05) is 18.2 Å². The van der Waals surface area contributed by atoms with Gasteiger partial charge in [-0.05, 0) is 29.7 Å². The van der Waals surface area contributed by atoms with Crippen molar-refractivity contribution in [1.82, 2.24) is 0 Å². The Labute approximate surface area is 153 Å². The highest BCUT2D eigenvalue weighted by Gasteiger charge is 2.07. The lowest BCUT2D eigenvalue weighted by molar-refractivity contribution is -0.384. The number of rotatable bonds is 2. The van der Waals surface area contributed by atoms with Crippen molar-refractivity contribution in [2.75, 3.05) is 18.2 Å². The molecule has 0 aliphatic rings. The number of nitro benzene ring substituents is 1. The molecule has 0 fully saturated rings. The van der Waals surface area contributed by atoms with Crippen molar-refractivity contribution in [2.45, 2.75) is 0 Å². The number of benzene rings is 3. The molecule has 0 aliphatic heterocycles. The van der Waals surface area contributed by atoms with E-state index in [-0.39, 0.29) is 22.9 Å². The highest BCUT2D eigenvalue weighted by molar-refractivity contribution is 6.00. The first kappa shape index (κ1) is 19.3. The number of carbonyl (C=O) groups excluding carboxylic acids is 1. The van der Waals surface area contributed by atoms with Gasteiger partial charge in [-0.25, -0.2) is 4.79 Å². The van der Waals surface area contributed by atoms with E-state index >= 15 is 0 Å². The summed E-state index contributed by atoms with van der Waals surface area (Å²) in [5.74, 6) is 0.0159. The summed E-state index contributed by atoms with van der Waals surface area (Å²) in [6.45, 7) is 0. The fourth-order valence-electron chi connectivity index (χ4n) is 2.19. The molecule has 5 N–H and O–H groups in total. The van der Waals surface area contributed by atoms with Crippen molar-refractivity contribution in [3.63, 3.8) is 0 Å². The van der Waals surface area contributed by atoms with Crippen LogP contribution in [0.4, 0.5) is 21.9 Å². The first-order valence-corrected chi connectivity index (χ1v) is 7.61. The Hall–Kier alpha value is -4.01. The van der Waals surface area contributed by atoms with E-state index in [9.17, 15) is 20.0 Å². The number of carbonyl (C=O) groups is 1. The van der Waals surface area contributed by atoms with E-state index < -0.39 is 11.0 Å². The molecule has 0 spiro atoms. The average molecular weight is 371 g/mol. The number of nitro groups is 1. The molecule has 0 unspecified atom stereocenters. The quantitative estimate of drug-likeness (QED) is 0.233. The number of hydrogen-bond acceptors (Lipinski definition) is 7. The highest BCUT2D eigenvalue weighted by Crippen LogP contribution is 2.27. The van der Waals surface area contributed by atoms with Crippen LogP contribution in [0.3, 0.4) is 0 Å². The topological polar surface area (TPSA) is 148 Å². The SMILES string of the molecule is COC(=O)Nc1cccc2ccc(O)cc12.Nc1cc([N+](=O)[O-])ccc1O. The minimum Gasteiger partial charge on any atom is -0.508 e. The molecule has 9 nitrogen and oxygen atoms in total. The molecule has 0 aliphatic carbocycles. The zero-order valence-corrected chi connectivity index (χ0v) is 14.2. The van der Waals surface area contributed by atoms with Crippen LogP contribution in [0.1, 0.15) is 0 Å². The number of phenols is 2. The van der Waals surface area contributed by atoms with E-state index in [1.165, 1.54) is 19.2 Å². The molecule has 0 heterocycles. The maximum absolute atomic E-state index is 11.1. The van der Waals surface area contributed by atoms with Gasteiger partial charge in [0.05, 0.1) is 23.4 Å². The maximum Gasteiger partial charge on any atom is 0.411 e. The Kier molecular flexibility index (Phi) is 6.00. The molecule has 0 saturated carbocycles. The van der Waals surface area contributed by atoms with Crippen LogP contribution >= 0.6 is 0 Å². The van der Waals surface area contributed by atoms with Crippen molar-refractivity contribution in [3.8, 4) is 11.5 Å². The summed E-state index contributed by atoms with van der Waals surface area (Å²) >= 11 is 0. The maximum atomic E-state index is 11.1. The second-order valence-corrected chi connectivity index (χ2v) is 5.33. The van der Waals surface area contributed by atoms with Crippen LogP contribution in [0.2, 0.25) is 0 Å². The molecule has 0 radical (unpaired) electrons. The molecule has 0 bridgehead atoms. The number of fused-ring (bicyclic) bond motifs is 1. The third kappa shape index (κ3) is 4.98. The number of methoxy groups -OCH3 is 1. The number of phenolic OH excluding ortho intramolecular Hbond substituents is 2. The monoisotopic (exact) mass is 371 g/mol. The van der Waals surface area contributed by atoms with Crippen LogP contribution in [0.5, 0.6) is 11.5 Å². The summed E-state index contributed by atoms with van der Waals surface area (Å²) in [4.78, 5) is 20.7. The van der Waals surface area contributed by atoms with Crippen molar-refractivity contribution in [3.05, 3.63) is 64.7 Å². The van der Waals surface area contributed by atoms with E-state index in [1.54, 1.807) is 24.3 Å². The molecule has 140 valence electrons. The number of ether oxygens (including phenoxy) is 1. The number of nitrogens with two attached hydrogens (primary N) is 1. The molecule has 0 atom stereocenters. The number of hydrogen-bond donors (Lipinski definition) is 4. The molecule has 3 aromatic rings. The van der Waals surface area contributed by atoms with Gasteiger partial charge in [0, 0.05) is 17.5 Å². The fraction of sp³-hybridized carbons (Fsp3) is 0.0556. The minimum absolute atomic E-state index is 0.0131. The van der Waals surface area contributed by atoms with Crippen molar-refractivity contribution < 1.29 is 24.7 Å². The third-order valence-electron chi connectivity index (χ3n) is 3.51. The molecule has 9 heteroatoms. The first-order valence-electron chi connectivity index (χ1n) is 7.61. The molecule has 0 aromatic heterocycles. The summed E-state index contributed by atoms with van der Waals surface area (Å²) in [7, 11) is 1.30. The van der Waals surface area contributed by atoms with E-state index in [0.717, 1.165) is 16.8 Å². The van der Waals surface area contributed by atoms with Gasteiger partial charge in [-0.15, -0.1) is 0 Å². The summed E-state index contributed by atoms with van der Waals surface area (Å²) in [6.07, 6.45) is -0.532. The van der Waals surface area contributed by atoms with Crippen LogP contribution in [-0.2, 0) is 4.74 Å². The molecular weight excluding hydrogens is 354 g/mol. The molecule has 3 rings (SSSR count). The number of nitrogens with zero attached hydrogens (tertiary/aromatic N) is 1.